The molecule has 34 heavy (non-hydrogen) atoms. The number of carbonyl (C=O) groups is 1. The fourth-order valence-electron chi connectivity index (χ4n) is 4.14. The second-order valence-corrected chi connectivity index (χ2v) is 8.07. The van der Waals surface area contributed by atoms with Gasteiger partial charge < -0.3 is 10.6 Å². The summed E-state index contributed by atoms with van der Waals surface area (Å²) in [7, 11) is 0. The molecule has 5 heterocycles. The van der Waals surface area contributed by atoms with Crippen molar-refractivity contribution in [1.82, 2.24) is 39.4 Å². The predicted molar refractivity (Wildman–Crippen MR) is 126 cm³/mol. The first-order chi connectivity index (χ1) is 16.6. The van der Waals surface area contributed by atoms with E-state index in [0.717, 1.165) is 24.0 Å². The highest BCUT2D eigenvalue weighted by Crippen LogP contribution is 2.28. The molecule has 170 valence electrons. The van der Waals surface area contributed by atoms with Gasteiger partial charge in [0, 0.05) is 31.7 Å². The number of pyridine rings is 1. The molecule has 10 nitrogen and oxygen atoms in total. The number of aromatic nitrogens is 7. The highest BCUT2D eigenvalue weighted by atomic mass is 16.2. The Morgan fingerprint density at radius 1 is 1.26 bits per heavy atom. The van der Waals surface area contributed by atoms with Crippen LogP contribution in [0.25, 0.3) is 11.0 Å². The van der Waals surface area contributed by atoms with Crippen LogP contribution in [0.2, 0.25) is 0 Å². The number of piperidine rings is 1. The summed E-state index contributed by atoms with van der Waals surface area (Å²) < 4.78 is 3.65. The number of carbonyl (C=O) groups excluding carboxylic acids is 1. The molecule has 0 saturated carbocycles. The van der Waals surface area contributed by atoms with E-state index >= 15 is 0 Å². The van der Waals surface area contributed by atoms with E-state index in [2.05, 4.69) is 38.5 Å². The molecule has 0 spiro atoms. The Morgan fingerprint density at radius 2 is 2.12 bits per heavy atom. The van der Waals surface area contributed by atoms with Crippen molar-refractivity contribution in [1.29, 1.82) is 0 Å². The SMILES string of the molecule is C=CC(=O)N1CCC[C@@H](n2nc(C#Cc3cnn(Cc4ccncc4)c3)c3c(N)ncnc32)C1. The zero-order valence-electron chi connectivity index (χ0n) is 18.5. The molecule has 1 saturated heterocycles. The van der Waals surface area contributed by atoms with Gasteiger partial charge in [-0.1, -0.05) is 12.5 Å². The second kappa shape index (κ2) is 9.15. The molecule has 1 amide bonds. The average molecular weight is 454 g/mol. The third-order valence-corrected chi connectivity index (χ3v) is 5.80. The van der Waals surface area contributed by atoms with E-state index in [1.165, 1.54) is 12.4 Å². The molecule has 2 N–H and O–H groups in total. The van der Waals surface area contributed by atoms with Gasteiger partial charge in [0.15, 0.2) is 5.65 Å². The third-order valence-electron chi connectivity index (χ3n) is 5.80. The Labute approximate surface area is 196 Å². The molecule has 1 atom stereocenters. The van der Waals surface area contributed by atoms with Crippen LogP contribution in [0.15, 0.2) is 55.9 Å². The lowest BCUT2D eigenvalue weighted by Gasteiger charge is -2.32. The smallest absolute Gasteiger partial charge is 0.246 e. The third kappa shape index (κ3) is 4.23. The second-order valence-electron chi connectivity index (χ2n) is 8.07. The van der Waals surface area contributed by atoms with Crippen LogP contribution in [0.1, 0.15) is 35.7 Å². The summed E-state index contributed by atoms with van der Waals surface area (Å²) in [6, 6.07) is 3.86. The van der Waals surface area contributed by atoms with Crippen LogP contribution < -0.4 is 5.73 Å². The lowest BCUT2D eigenvalue weighted by molar-refractivity contribution is -0.127. The van der Waals surface area contributed by atoms with Crippen molar-refractivity contribution in [3.05, 3.63) is 72.7 Å². The number of nitrogen functional groups attached to an aromatic ring is 1. The van der Waals surface area contributed by atoms with Crippen molar-refractivity contribution in [3.63, 3.8) is 0 Å². The number of rotatable bonds is 4. The number of nitrogens with two attached hydrogens (primary N) is 1. The lowest BCUT2D eigenvalue weighted by atomic mass is 10.1. The fourth-order valence-corrected chi connectivity index (χ4v) is 4.14. The van der Waals surface area contributed by atoms with E-state index in [-0.39, 0.29) is 11.9 Å². The van der Waals surface area contributed by atoms with Crippen molar-refractivity contribution in [3.8, 4) is 11.8 Å². The van der Waals surface area contributed by atoms with Crippen LogP contribution in [-0.4, -0.2) is 58.4 Å². The predicted octanol–water partition coefficient (Wildman–Crippen LogP) is 1.80. The number of anilines is 1. The highest BCUT2D eigenvalue weighted by Gasteiger charge is 2.27. The Bertz CT molecular complexity index is 1410. The van der Waals surface area contributed by atoms with Gasteiger partial charge in [0.05, 0.1) is 29.7 Å². The van der Waals surface area contributed by atoms with Gasteiger partial charge in [-0.2, -0.15) is 10.2 Å². The quantitative estimate of drug-likeness (QED) is 0.369. The van der Waals surface area contributed by atoms with Crippen LogP contribution in [0.3, 0.4) is 0 Å². The number of fused-ring (bicyclic) bond motifs is 1. The van der Waals surface area contributed by atoms with Crippen LogP contribution in [0.4, 0.5) is 5.82 Å². The zero-order chi connectivity index (χ0) is 23.5. The number of hydrogen-bond donors (Lipinski definition) is 1. The number of nitrogens with zero attached hydrogens (tertiary/aromatic N) is 8. The van der Waals surface area contributed by atoms with E-state index in [4.69, 9.17) is 10.8 Å². The molecule has 10 heteroatoms. The summed E-state index contributed by atoms with van der Waals surface area (Å²) in [5.74, 6) is 6.49. The van der Waals surface area contributed by atoms with Crippen LogP contribution >= 0.6 is 0 Å². The molecule has 1 aliphatic rings. The van der Waals surface area contributed by atoms with Gasteiger partial charge in [0.25, 0.3) is 0 Å². The van der Waals surface area contributed by atoms with Gasteiger partial charge in [-0.25, -0.2) is 14.6 Å². The molecule has 0 aliphatic carbocycles. The van der Waals surface area contributed by atoms with Gasteiger partial charge in [-0.05, 0) is 42.5 Å². The van der Waals surface area contributed by atoms with Gasteiger partial charge >= 0.3 is 0 Å². The van der Waals surface area contributed by atoms with Crippen molar-refractivity contribution in [2.24, 2.45) is 0 Å². The Kier molecular flexibility index (Phi) is 5.74. The molecule has 0 bridgehead atoms. The molecule has 4 aromatic heterocycles. The summed E-state index contributed by atoms with van der Waals surface area (Å²) in [4.78, 5) is 26.5. The lowest BCUT2D eigenvalue weighted by Crippen LogP contribution is -2.40. The van der Waals surface area contributed by atoms with Gasteiger partial charge in [0.1, 0.15) is 17.8 Å². The van der Waals surface area contributed by atoms with E-state index in [1.54, 1.807) is 23.5 Å². The standard InChI is InChI=1S/C24H23N9O/c1-2-21(34)31-11-3-4-19(15-31)33-24-22(23(25)27-16-28-24)20(30-33)6-5-18-12-29-32(14-18)13-17-7-9-26-10-8-17/h2,7-10,12,14,16,19H,1,3-4,11,13,15H2,(H2,25,27,28)/t19-/m1/s1. The van der Waals surface area contributed by atoms with Crippen molar-refractivity contribution >= 4 is 22.8 Å². The van der Waals surface area contributed by atoms with E-state index < -0.39 is 0 Å². The summed E-state index contributed by atoms with van der Waals surface area (Å²) in [6.45, 7) is 5.46. The molecule has 0 radical (unpaired) electrons. The van der Waals surface area contributed by atoms with Crippen molar-refractivity contribution in [2.75, 3.05) is 18.8 Å². The molecule has 5 rings (SSSR count). The first kappa shape index (κ1) is 21.3. The van der Waals surface area contributed by atoms with Crippen molar-refractivity contribution in [2.45, 2.75) is 25.4 Å². The molecular weight excluding hydrogens is 430 g/mol. The Balaban J connectivity index is 1.45. The summed E-state index contributed by atoms with van der Waals surface area (Å²) in [6.07, 6.45) is 11.6. The van der Waals surface area contributed by atoms with Crippen LogP contribution in [-0.2, 0) is 11.3 Å². The minimum atomic E-state index is -0.0842. The molecule has 0 unspecified atom stereocenters. The Hall–Kier alpha value is -4.52. The summed E-state index contributed by atoms with van der Waals surface area (Å²) >= 11 is 0. The Morgan fingerprint density at radius 3 is 2.94 bits per heavy atom. The van der Waals surface area contributed by atoms with Gasteiger partial charge in [-0.3, -0.25) is 14.5 Å². The molecule has 1 fully saturated rings. The minimum Gasteiger partial charge on any atom is -0.383 e. The summed E-state index contributed by atoms with van der Waals surface area (Å²) in [5, 5.41) is 9.75. The summed E-state index contributed by atoms with van der Waals surface area (Å²) in [5.41, 5.74) is 9.16. The number of likely N-dealkylation sites (tertiary alicyclic amines) is 1. The molecule has 1 aliphatic heterocycles. The van der Waals surface area contributed by atoms with E-state index in [1.807, 2.05) is 27.7 Å². The maximum absolute atomic E-state index is 12.1. The first-order valence-corrected chi connectivity index (χ1v) is 11.0. The monoisotopic (exact) mass is 453 g/mol. The largest absolute Gasteiger partial charge is 0.383 e. The molecule has 4 aromatic rings. The number of hydrogen-bond acceptors (Lipinski definition) is 7. The van der Waals surface area contributed by atoms with E-state index in [9.17, 15) is 4.79 Å². The normalized spacial score (nSPS) is 15.6. The molecular formula is C24H23N9O. The minimum absolute atomic E-state index is 0.0342. The highest BCUT2D eigenvalue weighted by molar-refractivity contribution is 5.90. The van der Waals surface area contributed by atoms with Gasteiger partial charge in [-0.15, -0.1) is 0 Å². The first-order valence-electron chi connectivity index (χ1n) is 11.0. The van der Waals surface area contributed by atoms with Crippen molar-refractivity contribution < 1.29 is 4.79 Å². The van der Waals surface area contributed by atoms with Crippen LogP contribution in [0, 0.1) is 11.8 Å². The number of amides is 1. The zero-order valence-corrected chi connectivity index (χ0v) is 18.5. The van der Waals surface area contributed by atoms with Crippen LogP contribution in [0.5, 0.6) is 0 Å². The van der Waals surface area contributed by atoms with Gasteiger partial charge in [0.2, 0.25) is 5.91 Å². The maximum Gasteiger partial charge on any atom is 0.246 e. The average Bonchev–Trinajstić information content (AvgIpc) is 3.48. The molecule has 0 aromatic carbocycles. The maximum atomic E-state index is 12.1. The van der Waals surface area contributed by atoms with E-state index in [0.29, 0.717) is 42.2 Å². The topological polar surface area (TPSA) is 121 Å². The fraction of sp³-hybridized carbons (Fsp3) is 0.250.